The highest BCUT2D eigenvalue weighted by atomic mass is 127. The molecule has 2 saturated heterocycles. The highest BCUT2D eigenvalue weighted by molar-refractivity contribution is 14.0. The molecule has 6 nitrogen and oxygen atoms in total. The summed E-state index contributed by atoms with van der Waals surface area (Å²) in [5, 5.41) is 7.77. The molecule has 1 N–H and O–H groups in total. The molecule has 1 aromatic heterocycles. The van der Waals surface area contributed by atoms with Crippen LogP contribution in [0.5, 0.6) is 0 Å². The zero-order valence-electron chi connectivity index (χ0n) is 17.5. The molecule has 0 radical (unpaired) electrons. The van der Waals surface area contributed by atoms with E-state index in [0.717, 1.165) is 38.1 Å². The largest absolute Gasteiger partial charge is 0.352 e. The first-order valence-corrected chi connectivity index (χ1v) is 10.4. The Hall–Kier alpha value is -1.61. The van der Waals surface area contributed by atoms with E-state index in [-0.39, 0.29) is 24.0 Å². The van der Waals surface area contributed by atoms with Crippen molar-refractivity contribution in [3.8, 4) is 0 Å². The zero-order chi connectivity index (χ0) is 19.3. The van der Waals surface area contributed by atoms with Crippen molar-refractivity contribution in [3.63, 3.8) is 0 Å². The smallest absolute Gasteiger partial charge is 0.193 e. The van der Waals surface area contributed by atoms with Gasteiger partial charge in [-0.2, -0.15) is 5.10 Å². The summed E-state index contributed by atoms with van der Waals surface area (Å²) in [5.41, 5.74) is 2.62. The zero-order valence-corrected chi connectivity index (χ0v) is 19.8. The number of likely N-dealkylation sites (tertiary alicyclic amines) is 2. The van der Waals surface area contributed by atoms with E-state index in [1.165, 1.54) is 36.9 Å². The molecule has 0 amide bonds. The Morgan fingerprint density at radius 1 is 1.17 bits per heavy atom. The summed E-state index contributed by atoms with van der Waals surface area (Å²) in [6.07, 6.45) is 7.80. The molecule has 29 heavy (non-hydrogen) atoms. The molecule has 2 aliphatic heterocycles. The Morgan fingerprint density at radius 3 is 2.72 bits per heavy atom. The van der Waals surface area contributed by atoms with E-state index in [0.29, 0.717) is 6.04 Å². The second-order valence-electron chi connectivity index (χ2n) is 8.08. The fourth-order valence-electron chi connectivity index (χ4n) is 4.79. The molecule has 0 bridgehead atoms. The van der Waals surface area contributed by atoms with E-state index in [1.807, 2.05) is 25.0 Å². The minimum absolute atomic E-state index is 0. The van der Waals surface area contributed by atoms with Crippen LogP contribution in [-0.2, 0) is 20.1 Å². The summed E-state index contributed by atoms with van der Waals surface area (Å²) in [4.78, 5) is 9.71. The number of hydrogen-bond acceptors (Lipinski definition) is 3. The van der Waals surface area contributed by atoms with Crippen LogP contribution in [0.25, 0.3) is 0 Å². The molecule has 158 valence electrons. The maximum Gasteiger partial charge on any atom is 0.193 e. The first kappa shape index (κ1) is 22.1. The molecular formula is C22H33IN6. The predicted octanol–water partition coefficient (Wildman–Crippen LogP) is 3.10. The summed E-state index contributed by atoms with van der Waals surface area (Å²) in [7, 11) is 3.84. The van der Waals surface area contributed by atoms with E-state index in [9.17, 15) is 0 Å². The Balaban J connectivity index is 0.00000240. The van der Waals surface area contributed by atoms with Crippen molar-refractivity contribution in [2.45, 2.75) is 38.4 Å². The van der Waals surface area contributed by atoms with Gasteiger partial charge in [0.1, 0.15) is 0 Å². The third-order valence-electron chi connectivity index (χ3n) is 6.13. The molecule has 2 atom stereocenters. The first-order chi connectivity index (χ1) is 13.7. The average Bonchev–Trinajstić information content (AvgIpc) is 3.14. The first-order valence-electron chi connectivity index (χ1n) is 10.4. The highest BCUT2D eigenvalue weighted by Crippen LogP contribution is 2.31. The van der Waals surface area contributed by atoms with Crippen molar-refractivity contribution in [1.82, 2.24) is 24.9 Å². The standard InChI is InChI=1S/C22H32N6.HI/c1-23-22(24-13-19-14-25-26(2)15-19)28-12-10-21-20(17-28)9-6-11-27(21)16-18-7-4-3-5-8-18;/h3-5,7-8,14-15,20-21H,6,9-13,16-17H2,1-2H3,(H,23,24);1H. The van der Waals surface area contributed by atoms with Crippen LogP contribution < -0.4 is 5.32 Å². The van der Waals surface area contributed by atoms with Gasteiger partial charge < -0.3 is 10.2 Å². The number of hydrogen-bond donors (Lipinski definition) is 1. The summed E-state index contributed by atoms with van der Waals surface area (Å²) >= 11 is 0. The van der Waals surface area contributed by atoms with Gasteiger partial charge >= 0.3 is 0 Å². The second-order valence-corrected chi connectivity index (χ2v) is 8.08. The van der Waals surface area contributed by atoms with Crippen LogP contribution in [0.15, 0.2) is 47.7 Å². The van der Waals surface area contributed by atoms with Crippen molar-refractivity contribution in [2.24, 2.45) is 18.0 Å². The molecule has 0 saturated carbocycles. The van der Waals surface area contributed by atoms with Crippen LogP contribution in [0.1, 0.15) is 30.4 Å². The van der Waals surface area contributed by atoms with Gasteiger partial charge in [-0.15, -0.1) is 24.0 Å². The van der Waals surface area contributed by atoms with Gasteiger partial charge in [-0.1, -0.05) is 30.3 Å². The number of aliphatic imine (C=N–C) groups is 1. The number of benzene rings is 1. The third kappa shape index (κ3) is 5.51. The quantitative estimate of drug-likeness (QED) is 0.392. The van der Waals surface area contributed by atoms with Crippen LogP contribution in [0, 0.1) is 5.92 Å². The number of halogens is 1. The van der Waals surface area contributed by atoms with Gasteiger partial charge in [0.05, 0.1) is 6.20 Å². The molecule has 0 aliphatic carbocycles. The fourth-order valence-corrected chi connectivity index (χ4v) is 4.79. The van der Waals surface area contributed by atoms with Crippen LogP contribution >= 0.6 is 24.0 Å². The van der Waals surface area contributed by atoms with Crippen LogP contribution in [0.2, 0.25) is 0 Å². The SMILES string of the molecule is CN=C(NCc1cnn(C)c1)N1CCC2C(CCCN2Cc2ccccc2)C1.I. The number of rotatable bonds is 4. The lowest BCUT2D eigenvalue weighted by atomic mass is 9.83. The van der Waals surface area contributed by atoms with Gasteiger partial charge in [0.25, 0.3) is 0 Å². The van der Waals surface area contributed by atoms with Crippen LogP contribution in [0.4, 0.5) is 0 Å². The molecule has 7 heteroatoms. The highest BCUT2D eigenvalue weighted by Gasteiger charge is 2.36. The molecule has 0 spiro atoms. The second kappa shape index (κ2) is 10.4. The Labute approximate surface area is 191 Å². The van der Waals surface area contributed by atoms with Crippen molar-refractivity contribution in [1.29, 1.82) is 0 Å². The maximum atomic E-state index is 4.55. The van der Waals surface area contributed by atoms with Gasteiger partial charge in [0.15, 0.2) is 5.96 Å². The van der Waals surface area contributed by atoms with E-state index >= 15 is 0 Å². The summed E-state index contributed by atoms with van der Waals surface area (Å²) < 4.78 is 1.84. The number of aryl methyl sites for hydroxylation is 1. The molecule has 1 aromatic carbocycles. The van der Waals surface area contributed by atoms with Gasteiger partial charge in [-0.3, -0.25) is 14.6 Å². The number of aromatic nitrogens is 2. The Morgan fingerprint density at radius 2 is 2.00 bits per heavy atom. The lowest BCUT2D eigenvalue weighted by molar-refractivity contribution is 0.0372. The Bertz CT molecular complexity index is 790. The molecule has 2 unspecified atom stereocenters. The van der Waals surface area contributed by atoms with E-state index < -0.39 is 0 Å². The summed E-state index contributed by atoms with van der Waals surface area (Å²) in [6.45, 7) is 5.24. The van der Waals surface area contributed by atoms with Crippen LogP contribution in [0.3, 0.4) is 0 Å². The number of guanidine groups is 1. The molecular weight excluding hydrogens is 475 g/mol. The van der Waals surface area contributed by atoms with Crippen molar-refractivity contribution >= 4 is 29.9 Å². The minimum atomic E-state index is 0. The van der Waals surface area contributed by atoms with Gasteiger partial charge in [0.2, 0.25) is 0 Å². The van der Waals surface area contributed by atoms with E-state index in [4.69, 9.17) is 0 Å². The third-order valence-corrected chi connectivity index (χ3v) is 6.13. The van der Waals surface area contributed by atoms with Gasteiger partial charge in [-0.05, 0) is 37.3 Å². The summed E-state index contributed by atoms with van der Waals surface area (Å²) in [5.74, 6) is 1.74. The minimum Gasteiger partial charge on any atom is -0.352 e. The van der Waals surface area contributed by atoms with Crippen molar-refractivity contribution in [3.05, 3.63) is 53.9 Å². The van der Waals surface area contributed by atoms with Gasteiger partial charge in [0, 0.05) is 58.1 Å². The normalized spacial score (nSPS) is 22.7. The van der Waals surface area contributed by atoms with Crippen molar-refractivity contribution in [2.75, 3.05) is 26.7 Å². The predicted molar refractivity (Wildman–Crippen MR) is 128 cm³/mol. The monoisotopic (exact) mass is 508 g/mol. The number of piperidine rings is 2. The summed E-state index contributed by atoms with van der Waals surface area (Å²) in [6, 6.07) is 11.6. The average molecular weight is 508 g/mol. The number of nitrogens with one attached hydrogen (secondary N) is 1. The van der Waals surface area contributed by atoms with Gasteiger partial charge in [-0.25, -0.2) is 0 Å². The molecule has 2 aromatic rings. The number of nitrogens with zero attached hydrogens (tertiary/aromatic N) is 5. The molecule has 2 fully saturated rings. The Kier molecular flexibility index (Phi) is 7.94. The molecule has 3 heterocycles. The van der Waals surface area contributed by atoms with E-state index in [1.54, 1.807) is 0 Å². The maximum absolute atomic E-state index is 4.55. The lowest BCUT2D eigenvalue weighted by Crippen LogP contribution is -2.56. The molecule has 4 rings (SSSR count). The van der Waals surface area contributed by atoms with E-state index in [2.05, 4.69) is 61.7 Å². The van der Waals surface area contributed by atoms with Crippen molar-refractivity contribution < 1.29 is 0 Å². The topological polar surface area (TPSA) is 48.7 Å². The fraction of sp³-hybridized carbons (Fsp3) is 0.545. The number of fused-ring (bicyclic) bond motifs is 1. The molecule has 2 aliphatic rings. The van der Waals surface area contributed by atoms with Crippen LogP contribution in [-0.4, -0.2) is 58.3 Å². The lowest BCUT2D eigenvalue weighted by Gasteiger charge is -2.48.